The molecule has 0 heterocycles. The molecule has 0 N–H and O–H groups in total. The lowest BCUT2D eigenvalue weighted by atomic mass is 10.2. The van der Waals surface area contributed by atoms with Crippen molar-refractivity contribution >= 4 is 5.97 Å². The Bertz CT molecular complexity index is 352. The molecule has 0 aliphatic rings. The van der Waals surface area contributed by atoms with E-state index in [9.17, 15) is 4.79 Å². The van der Waals surface area contributed by atoms with Crippen molar-refractivity contribution in [3.05, 3.63) is 42.5 Å². The summed E-state index contributed by atoms with van der Waals surface area (Å²) in [6.45, 7) is 7.65. The van der Waals surface area contributed by atoms with Crippen LogP contribution in [0.5, 0.6) is 5.75 Å². The van der Waals surface area contributed by atoms with Gasteiger partial charge in [0.05, 0.1) is 11.7 Å². The van der Waals surface area contributed by atoms with Crippen molar-refractivity contribution in [2.24, 2.45) is 0 Å². The number of esters is 1. The van der Waals surface area contributed by atoms with Crippen molar-refractivity contribution in [1.29, 1.82) is 0 Å². The first-order valence-corrected chi connectivity index (χ1v) is 5.18. The van der Waals surface area contributed by atoms with E-state index < -0.39 is 0 Å². The number of benzene rings is 1. The summed E-state index contributed by atoms with van der Waals surface area (Å²) in [4.78, 5) is 11.5. The first kappa shape index (κ1) is 12.3. The van der Waals surface area contributed by atoms with Crippen LogP contribution in [0.1, 0.15) is 24.2 Å². The third-order valence-corrected chi connectivity index (χ3v) is 1.80. The fourth-order valence-corrected chi connectivity index (χ4v) is 1.12. The summed E-state index contributed by atoms with van der Waals surface area (Å²) in [7, 11) is 0. The van der Waals surface area contributed by atoms with E-state index in [0.717, 1.165) is 0 Å². The van der Waals surface area contributed by atoms with Crippen LogP contribution in [0.2, 0.25) is 0 Å². The summed E-state index contributed by atoms with van der Waals surface area (Å²) in [5, 5.41) is 0. The average Bonchev–Trinajstić information content (AvgIpc) is 2.26. The Morgan fingerprint density at radius 2 is 2.00 bits per heavy atom. The number of rotatable bonds is 5. The molecule has 0 radical (unpaired) electrons. The maximum absolute atomic E-state index is 11.5. The van der Waals surface area contributed by atoms with E-state index in [-0.39, 0.29) is 12.1 Å². The molecule has 1 rings (SSSR count). The monoisotopic (exact) mass is 220 g/mol. The summed E-state index contributed by atoms with van der Waals surface area (Å²) in [5.41, 5.74) is 0.527. The quantitative estimate of drug-likeness (QED) is 0.565. The topological polar surface area (TPSA) is 35.5 Å². The molecule has 3 nitrogen and oxygen atoms in total. The standard InChI is InChI=1S/C13H16O3/c1-4-9-15-12-7-5-11(6-8-12)13(14)16-10(2)3/h4-8,10H,1,9H2,2-3H3. The summed E-state index contributed by atoms with van der Waals surface area (Å²) in [6.07, 6.45) is 1.56. The molecule has 0 atom stereocenters. The van der Waals surface area contributed by atoms with Gasteiger partial charge < -0.3 is 9.47 Å². The van der Waals surface area contributed by atoms with E-state index in [1.54, 1.807) is 30.3 Å². The third kappa shape index (κ3) is 3.77. The molecular weight excluding hydrogens is 204 g/mol. The Labute approximate surface area is 95.7 Å². The van der Waals surface area contributed by atoms with Gasteiger partial charge in [0.2, 0.25) is 0 Å². The maximum atomic E-state index is 11.5. The van der Waals surface area contributed by atoms with E-state index >= 15 is 0 Å². The Morgan fingerprint density at radius 1 is 1.38 bits per heavy atom. The van der Waals surface area contributed by atoms with Gasteiger partial charge in [0.15, 0.2) is 0 Å². The van der Waals surface area contributed by atoms with Crippen LogP contribution < -0.4 is 4.74 Å². The smallest absolute Gasteiger partial charge is 0.338 e. The van der Waals surface area contributed by atoms with E-state index in [0.29, 0.717) is 17.9 Å². The molecule has 0 unspecified atom stereocenters. The molecule has 0 aliphatic heterocycles. The van der Waals surface area contributed by atoms with E-state index in [2.05, 4.69) is 6.58 Å². The molecule has 0 aliphatic carbocycles. The molecule has 0 fully saturated rings. The van der Waals surface area contributed by atoms with Gasteiger partial charge in [0.1, 0.15) is 12.4 Å². The Morgan fingerprint density at radius 3 is 2.50 bits per heavy atom. The fourth-order valence-electron chi connectivity index (χ4n) is 1.12. The zero-order valence-electron chi connectivity index (χ0n) is 9.60. The van der Waals surface area contributed by atoms with Crippen LogP contribution >= 0.6 is 0 Å². The van der Waals surface area contributed by atoms with Crippen LogP contribution in [0.3, 0.4) is 0 Å². The summed E-state index contributed by atoms with van der Waals surface area (Å²) < 4.78 is 10.4. The predicted octanol–water partition coefficient (Wildman–Crippen LogP) is 2.82. The van der Waals surface area contributed by atoms with Gasteiger partial charge in [0.25, 0.3) is 0 Å². The molecule has 16 heavy (non-hydrogen) atoms. The molecule has 0 saturated heterocycles. The van der Waals surface area contributed by atoms with Gasteiger partial charge in [0, 0.05) is 0 Å². The van der Waals surface area contributed by atoms with Crippen molar-refractivity contribution in [2.45, 2.75) is 20.0 Å². The molecule has 1 aromatic carbocycles. The molecule has 0 amide bonds. The highest BCUT2D eigenvalue weighted by atomic mass is 16.5. The Kier molecular flexibility index (Phi) is 4.58. The zero-order valence-corrected chi connectivity index (χ0v) is 9.60. The summed E-state index contributed by atoms with van der Waals surface area (Å²) in [5.74, 6) is 0.395. The van der Waals surface area contributed by atoms with Gasteiger partial charge in [-0.1, -0.05) is 12.7 Å². The molecule has 3 heteroatoms. The number of carbonyl (C=O) groups is 1. The zero-order chi connectivity index (χ0) is 12.0. The lowest BCUT2D eigenvalue weighted by Crippen LogP contribution is -2.11. The van der Waals surface area contributed by atoms with Crippen LogP contribution in [0.25, 0.3) is 0 Å². The molecule has 0 spiro atoms. The molecule has 1 aromatic rings. The van der Waals surface area contributed by atoms with Gasteiger partial charge in [-0.05, 0) is 38.1 Å². The molecule has 0 bridgehead atoms. The molecule has 0 saturated carbocycles. The minimum atomic E-state index is -0.315. The number of hydrogen-bond acceptors (Lipinski definition) is 3. The first-order chi connectivity index (χ1) is 7.63. The second kappa shape index (κ2) is 5.95. The highest BCUT2D eigenvalue weighted by Crippen LogP contribution is 2.13. The van der Waals surface area contributed by atoms with Crippen LogP contribution in [0.4, 0.5) is 0 Å². The third-order valence-electron chi connectivity index (χ3n) is 1.80. The maximum Gasteiger partial charge on any atom is 0.338 e. The number of ether oxygens (including phenoxy) is 2. The van der Waals surface area contributed by atoms with Crippen molar-refractivity contribution < 1.29 is 14.3 Å². The Balaban J connectivity index is 2.63. The minimum Gasteiger partial charge on any atom is -0.490 e. The average molecular weight is 220 g/mol. The van der Waals surface area contributed by atoms with Gasteiger partial charge in [-0.2, -0.15) is 0 Å². The predicted molar refractivity (Wildman–Crippen MR) is 62.7 cm³/mol. The number of hydrogen-bond donors (Lipinski definition) is 0. The van der Waals surface area contributed by atoms with Crippen LogP contribution in [0, 0.1) is 0 Å². The highest BCUT2D eigenvalue weighted by Gasteiger charge is 2.08. The summed E-state index contributed by atoms with van der Waals surface area (Å²) >= 11 is 0. The van der Waals surface area contributed by atoms with E-state index in [1.807, 2.05) is 13.8 Å². The van der Waals surface area contributed by atoms with Crippen LogP contribution in [-0.4, -0.2) is 18.7 Å². The molecule has 0 aromatic heterocycles. The van der Waals surface area contributed by atoms with E-state index in [1.165, 1.54) is 0 Å². The van der Waals surface area contributed by atoms with Crippen molar-refractivity contribution in [2.75, 3.05) is 6.61 Å². The molecular formula is C13H16O3. The highest BCUT2D eigenvalue weighted by molar-refractivity contribution is 5.89. The minimum absolute atomic E-state index is 0.107. The van der Waals surface area contributed by atoms with Crippen molar-refractivity contribution in [3.63, 3.8) is 0 Å². The normalized spacial score (nSPS) is 9.94. The second-order valence-electron chi connectivity index (χ2n) is 3.58. The lowest BCUT2D eigenvalue weighted by Gasteiger charge is -2.08. The van der Waals surface area contributed by atoms with Crippen LogP contribution in [-0.2, 0) is 4.74 Å². The van der Waals surface area contributed by atoms with E-state index in [4.69, 9.17) is 9.47 Å². The van der Waals surface area contributed by atoms with Gasteiger partial charge in [-0.15, -0.1) is 0 Å². The SMILES string of the molecule is C=CCOc1ccc(C(=O)OC(C)C)cc1. The van der Waals surface area contributed by atoms with Crippen molar-refractivity contribution in [3.8, 4) is 5.75 Å². The van der Waals surface area contributed by atoms with Gasteiger partial charge in [-0.3, -0.25) is 0 Å². The Hall–Kier alpha value is -1.77. The largest absolute Gasteiger partial charge is 0.490 e. The number of carbonyl (C=O) groups excluding carboxylic acids is 1. The van der Waals surface area contributed by atoms with Gasteiger partial charge >= 0.3 is 5.97 Å². The first-order valence-electron chi connectivity index (χ1n) is 5.18. The molecule has 86 valence electrons. The van der Waals surface area contributed by atoms with Gasteiger partial charge in [-0.25, -0.2) is 4.79 Å². The summed E-state index contributed by atoms with van der Waals surface area (Å²) in [6, 6.07) is 6.84. The van der Waals surface area contributed by atoms with Crippen LogP contribution in [0.15, 0.2) is 36.9 Å². The lowest BCUT2D eigenvalue weighted by molar-refractivity contribution is 0.0378. The fraction of sp³-hybridized carbons (Fsp3) is 0.308. The van der Waals surface area contributed by atoms with Crippen molar-refractivity contribution in [1.82, 2.24) is 0 Å². The second-order valence-corrected chi connectivity index (χ2v) is 3.58.